The molecule has 1 aromatic heterocycles. The van der Waals surface area contributed by atoms with Gasteiger partial charge >= 0.3 is 0 Å². The van der Waals surface area contributed by atoms with E-state index in [2.05, 4.69) is 57.5 Å². The highest BCUT2D eigenvalue weighted by atomic mass is 15.3. The molecule has 0 amide bonds. The van der Waals surface area contributed by atoms with Crippen LogP contribution in [0.4, 0.5) is 5.82 Å². The Morgan fingerprint density at radius 1 is 1.12 bits per heavy atom. The molecular weight excluding hydrogens is 208 g/mol. The summed E-state index contributed by atoms with van der Waals surface area (Å²) in [6, 6.07) is 2.19. The van der Waals surface area contributed by atoms with Crippen LogP contribution >= 0.6 is 0 Å². The lowest BCUT2D eigenvalue weighted by molar-refractivity contribution is 0.514. The van der Waals surface area contributed by atoms with Gasteiger partial charge in [-0.25, -0.2) is 4.98 Å². The van der Waals surface area contributed by atoms with Crippen LogP contribution in [0, 0.1) is 0 Å². The average molecular weight is 232 g/mol. The summed E-state index contributed by atoms with van der Waals surface area (Å²) in [6.07, 6.45) is 3.09. The fourth-order valence-electron chi connectivity index (χ4n) is 2.65. The van der Waals surface area contributed by atoms with E-state index in [1.165, 1.54) is 16.9 Å². The zero-order chi connectivity index (χ0) is 12.8. The summed E-state index contributed by atoms with van der Waals surface area (Å²) >= 11 is 0. The molecule has 0 radical (unpaired) electrons. The van der Waals surface area contributed by atoms with Crippen LogP contribution in [0.1, 0.15) is 52.7 Å². The maximum Gasteiger partial charge on any atom is 0.132 e. The lowest BCUT2D eigenvalue weighted by Gasteiger charge is -2.33. The smallest absolute Gasteiger partial charge is 0.132 e. The van der Waals surface area contributed by atoms with Crippen LogP contribution in [0.25, 0.3) is 0 Å². The van der Waals surface area contributed by atoms with Crippen molar-refractivity contribution in [1.82, 2.24) is 4.98 Å². The van der Waals surface area contributed by atoms with Crippen LogP contribution < -0.4 is 4.90 Å². The highest BCUT2D eigenvalue weighted by Crippen LogP contribution is 2.37. The van der Waals surface area contributed by atoms with E-state index < -0.39 is 0 Å². The maximum atomic E-state index is 4.61. The second kappa shape index (κ2) is 3.72. The summed E-state index contributed by atoms with van der Waals surface area (Å²) in [5.74, 6) is 1.20. The van der Waals surface area contributed by atoms with Gasteiger partial charge in [0, 0.05) is 23.8 Å². The number of hydrogen-bond acceptors (Lipinski definition) is 2. The van der Waals surface area contributed by atoms with Gasteiger partial charge in [-0.2, -0.15) is 0 Å². The SMILES string of the molecule is CC(C)(C)c1ccnc2c1CCN2C(C)(C)C. The van der Waals surface area contributed by atoms with E-state index in [4.69, 9.17) is 0 Å². The summed E-state index contributed by atoms with van der Waals surface area (Å²) in [5.41, 5.74) is 3.28. The van der Waals surface area contributed by atoms with Crippen molar-refractivity contribution < 1.29 is 0 Å². The Balaban J connectivity index is 2.50. The van der Waals surface area contributed by atoms with Gasteiger partial charge in [-0.3, -0.25) is 0 Å². The van der Waals surface area contributed by atoms with Gasteiger partial charge in [0.1, 0.15) is 5.82 Å². The number of nitrogens with zero attached hydrogens (tertiary/aromatic N) is 2. The number of fused-ring (bicyclic) bond motifs is 1. The molecule has 2 rings (SSSR count). The molecule has 0 saturated carbocycles. The van der Waals surface area contributed by atoms with Gasteiger partial charge in [0.25, 0.3) is 0 Å². The van der Waals surface area contributed by atoms with Crippen molar-refractivity contribution in [3.63, 3.8) is 0 Å². The minimum absolute atomic E-state index is 0.161. The van der Waals surface area contributed by atoms with E-state index in [1.807, 2.05) is 6.20 Å². The maximum absolute atomic E-state index is 4.61. The molecule has 0 spiro atoms. The van der Waals surface area contributed by atoms with Gasteiger partial charge in [0.15, 0.2) is 0 Å². The predicted molar refractivity (Wildman–Crippen MR) is 73.7 cm³/mol. The van der Waals surface area contributed by atoms with Crippen LogP contribution in [0.15, 0.2) is 12.3 Å². The van der Waals surface area contributed by atoms with E-state index in [9.17, 15) is 0 Å². The first-order valence-corrected chi connectivity index (χ1v) is 6.47. The molecule has 0 fully saturated rings. The quantitative estimate of drug-likeness (QED) is 0.680. The van der Waals surface area contributed by atoms with Crippen molar-refractivity contribution in [2.75, 3.05) is 11.4 Å². The van der Waals surface area contributed by atoms with E-state index in [-0.39, 0.29) is 11.0 Å². The molecule has 0 aliphatic carbocycles. The summed E-state index contributed by atoms with van der Waals surface area (Å²) in [4.78, 5) is 7.04. The van der Waals surface area contributed by atoms with Crippen molar-refractivity contribution >= 4 is 5.82 Å². The van der Waals surface area contributed by atoms with Crippen LogP contribution in [0.5, 0.6) is 0 Å². The van der Waals surface area contributed by atoms with Crippen molar-refractivity contribution in [2.24, 2.45) is 0 Å². The molecule has 0 bridgehead atoms. The minimum atomic E-state index is 0.161. The normalized spacial score (nSPS) is 16.2. The van der Waals surface area contributed by atoms with E-state index in [1.54, 1.807) is 0 Å². The molecule has 17 heavy (non-hydrogen) atoms. The number of pyridine rings is 1. The highest BCUT2D eigenvalue weighted by Gasteiger charge is 2.32. The summed E-state index contributed by atoms with van der Waals surface area (Å²) in [6.45, 7) is 14.7. The summed E-state index contributed by atoms with van der Waals surface area (Å²) in [7, 11) is 0. The standard InChI is InChI=1S/C15H24N2/c1-14(2,3)12-7-9-16-13-11(12)8-10-17(13)15(4,5)6/h7,9H,8,10H2,1-6H3. The topological polar surface area (TPSA) is 16.1 Å². The largest absolute Gasteiger partial charge is 0.351 e. The second-order valence-corrected chi connectivity index (χ2v) is 6.98. The Hall–Kier alpha value is -1.05. The number of anilines is 1. The molecule has 1 aliphatic rings. The Kier molecular flexibility index (Phi) is 2.72. The molecule has 0 atom stereocenters. The molecule has 94 valence electrons. The molecule has 0 N–H and O–H groups in total. The summed E-state index contributed by atoms with van der Waals surface area (Å²) < 4.78 is 0. The van der Waals surface area contributed by atoms with Gasteiger partial charge < -0.3 is 4.90 Å². The van der Waals surface area contributed by atoms with Gasteiger partial charge in [0.2, 0.25) is 0 Å². The zero-order valence-corrected chi connectivity index (χ0v) is 12.0. The number of hydrogen-bond donors (Lipinski definition) is 0. The molecule has 0 saturated heterocycles. The molecular formula is C15H24N2. The summed E-state index contributed by atoms with van der Waals surface area (Å²) in [5, 5.41) is 0. The van der Waals surface area contributed by atoms with Crippen molar-refractivity contribution in [2.45, 2.75) is 58.9 Å². The molecule has 2 heterocycles. The third kappa shape index (κ3) is 2.18. The lowest BCUT2D eigenvalue weighted by atomic mass is 9.84. The molecule has 1 aromatic rings. The Morgan fingerprint density at radius 3 is 2.29 bits per heavy atom. The molecule has 0 unspecified atom stereocenters. The number of aromatic nitrogens is 1. The predicted octanol–water partition coefficient (Wildman–Crippen LogP) is 3.54. The van der Waals surface area contributed by atoms with Crippen LogP contribution in [0.2, 0.25) is 0 Å². The Morgan fingerprint density at radius 2 is 1.76 bits per heavy atom. The fraction of sp³-hybridized carbons (Fsp3) is 0.667. The first kappa shape index (κ1) is 12.4. The van der Waals surface area contributed by atoms with Gasteiger partial charge in [-0.1, -0.05) is 20.8 Å². The van der Waals surface area contributed by atoms with Gasteiger partial charge in [-0.15, -0.1) is 0 Å². The first-order valence-electron chi connectivity index (χ1n) is 6.47. The van der Waals surface area contributed by atoms with Crippen LogP contribution in [-0.2, 0) is 11.8 Å². The van der Waals surface area contributed by atoms with E-state index >= 15 is 0 Å². The Labute approximate surface area is 105 Å². The second-order valence-electron chi connectivity index (χ2n) is 6.98. The Bertz CT molecular complexity index is 422. The third-order valence-electron chi connectivity index (χ3n) is 3.49. The first-order chi connectivity index (χ1) is 7.71. The third-order valence-corrected chi connectivity index (χ3v) is 3.49. The van der Waals surface area contributed by atoms with E-state index in [0.717, 1.165) is 13.0 Å². The van der Waals surface area contributed by atoms with Crippen molar-refractivity contribution in [1.29, 1.82) is 0 Å². The lowest BCUT2D eigenvalue weighted by Crippen LogP contribution is -2.40. The zero-order valence-electron chi connectivity index (χ0n) is 12.0. The minimum Gasteiger partial charge on any atom is -0.351 e. The van der Waals surface area contributed by atoms with Gasteiger partial charge in [0.05, 0.1) is 0 Å². The van der Waals surface area contributed by atoms with Gasteiger partial charge in [-0.05, 0) is 44.2 Å². The van der Waals surface area contributed by atoms with Crippen LogP contribution in [0.3, 0.4) is 0 Å². The highest BCUT2D eigenvalue weighted by molar-refractivity contribution is 5.58. The number of rotatable bonds is 0. The molecule has 0 aromatic carbocycles. The molecule has 1 aliphatic heterocycles. The van der Waals surface area contributed by atoms with Crippen molar-refractivity contribution in [3.05, 3.63) is 23.4 Å². The fourth-order valence-corrected chi connectivity index (χ4v) is 2.65. The van der Waals surface area contributed by atoms with Crippen molar-refractivity contribution in [3.8, 4) is 0 Å². The van der Waals surface area contributed by atoms with E-state index in [0.29, 0.717) is 0 Å². The monoisotopic (exact) mass is 232 g/mol. The van der Waals surface area contributed by atoms with Crippen LogP contribution in [-0.4, -0.2) is 17.1 Å². The molecule has 2 heteroatoms. The average Bonchev–Trinajstić information content (AvgIpc) is 2.57. The molecule has 2 nitrogen and oxygen atoms in total.